The molecule has 2 aliphatic heterocycles. The third kappa shape index (κ3) is 5.26. The highest BCUT2D eigenvalue weighted by Gasteiger charge is 2.53. The maximum Gasteiger partial charge on any atom is 0.405 e. The van der Waals surface area contributed by atoms with Gasteiger partial charge >= 0.3 is 6.09 Å². The van der Waals surface area contributed by atoms with Crippen molar-refractivity contribution in [3.63, 3.8) is 0 Å². The van der Waals surface area contributed by atoms with Crippen LogP contribution in [0.4, 0.5) is 9.18 Å². The SMILES string of the molecule is CN1N=C2CCN(C(=O)C(CCOc3ccc(F)cc3)NC(=O)O)CC2(Cc2ccccc2)C1=O. The van der Waals surface area contributed by atoms with Crippen molar-refractivity contribution in [2.75, 3.05) is 26.7 Å². The van der Waals surface area contributed by atoms with Crippen molar-refractivity contribution in [1.29, 1.82) is 0 Å². The Morgan fingerprint density at radius 2 is 1.91 bits per heavy atom. The number of hydrogen-bond donors (Lipinski definition) is 2. The number of carboxylic acid groups (broad SMARTS) is 1. The molecule has 0 radical (unpaired) electrons. The summed E-state index contributed by atoms with van der Waals surface area (Å²) < 4.78 is 18.6. The van der Waals surface area contributed by atoms with E-state index in [-0.39, 0.29) is 25.5 Å². The van der Waals surface area contributed by atoms with Crippen LogP contribution in [0.25, 0.3) is 0 Å². The molecule has 10 heteroatoms. The van der Waals surface area contributed by atoms with Gasteiger partial charge in [-0.2, -0.15) is 5.10 Å². The topological polar surface area (TPSA) is 112 Å². The smallest absolute Gasteiger partial charge is 0.405 e. The summed E-state index contributed by atoms with van der Waals surface area (Å²) in [4.78, 5) is 39.6. The zero-order valence-corrected chi connectivity index (χ0v) is 19.3. The third-order valence-corrected chi connectivity index (χ3v) is 6.35. The Morgan fingerprint density at radius 3 is 2.60 bits per heavy atom. The van der Waals surface area contributed by atoms with Gasteiger partial charge < -0.3 is 20.1 Å². The summed E-state index contributed by atoms with van der Waals surface area (Å²) in [7, 11) is 1.61. The van der Waals surface area contributed by atoms with Crippen LogP contribution in [0.2, 0.25) is 0 Å². The van der Waals surface area contributed by atoms with E-state index in [1.54, 1.807) is 7.05 Å². The number of nitrogens with zero attached hydrogens (tertiary/aromatic N) is 3. The minimum Gasteiger partial charge on any atom is -0.493 e. The zero-order chi connectivity index (χ0) is 25.0. The summed E-state index contributed by atoms with van der Waals surface area (Å²) in [6.45, 7) is 0.477. The van der Waals surface area contributed by atoms with Gasteiger partial charge in [0.05, 0.1) is 12.3 Å². The van der Waals surface area contributed by atoms with Gasteiger partial charge in [0, 0.05) is 33.0 Å². The number of ether oxygens (including phenoxy) is 1. The molecule has 2 aromatic carbocycles. The average Bonchev–Trinajstić information content (AvgIpc) is 3.08. The second-order valence-corrected chi connectivity index (χ2v) is 8.72. The van der Waals surface area contributed by atoms with Crippen LogP contribution in [0.5, 0.6) is 5.75 Å². The molecule has 2 atom stereocenters. The largest absolute Gasteiger partial charge is 0.493 e. The maximum atomic E-state index is 13.4. The van der Waals surface area contributed by atoms with E-state index in [0.717, 1.165) is 11.3 Å². The number of carbonyl (C=O) groups is 3. The van der Waals surface area contributed by atoms with E-state index in [0.29, 0.717) is 25.1 Å². The molecule has 2 unspecified atom stereocenters. The van der Waals surface area contributed by atoms with Crippen molar-refractivity contribution in [3.05, 3.63) is 66.0 Å². The molecular formula is C25H27FN4O5. The second kappa shape index (κ2) is 10.1. The Bertz CT molecular complexity index is 1120. The standard InChI is InChI=1S/C25H27FN4O5/c1-29-23(32)25(15-17-5-3-2-4-6-17)16-30(13-11-21(25)28-29)22(31)20(27-24(33)34)12-14-35-19-9-7-18(26)8-10-19/h2-10,20,27H,11-16H2,1H3,(H,33,34). The molecule has 0 spiro atoms. The highest BCUT2D eigenvalue weighted by molar-refractivity contribution is 6.13. The fourth-order valence-corrected chi connectivity index (χ4v) is 4.67. The number of nitrogens with one attached hydrogen (secondary N) is 1. The van der Waals surface area contributed by atoms with Crippen LogP contribution in [0, 0.1) is 11.2 Å². The minimum absolute atomic E-state index is 0.0414. The Hall–Kier alpha value is -3.95. The van der Waals surface area contributed by atoms with Crippen LogP contribution in [-0.2, 0) is 16.0 Å². The molecule has 0 saturated carbocycles. The Balaban J connectivity index is 1.49. The number of carbonyl (C=O) groups excluding carboxylic acids is 2. The summed E-state index contributed by atoms with van der Waals surface area (Å²) in [6.07, 6.45) is -0.454. The van der Waals surface area contributed by atoms with E-state index >= 15 is 0 Å². The number of hydrazone groups is 1. The van der Waals surface area contributed by atoms with Gasteiger partial charge in [-0.25, -0.2) is 14.2 Å². The maximum absolute atomic E-state index is 13.4. The van der Waals surface area contributed by atoms with Crippen molar-refractivity contribution in [2.24, 2.45) is 10.5 Å². The van der Waals surface area contributed by atoms with Crippen LogP contribution < -0.4 is 10.1 Å². The van der Waals surface area contributed by atoms with Crippen molar-refractivity contribution < 1.29 is 28.6 Å². The first-order valence-electron chi connectivity index (χ1n) is 11.4. The van der Waals surface area contributed by atoms with Gasteiger partial charge in [-0.3, -0.25) is 9.59 Å². The number of halogens is 1. The van der Waals surface area contributed by atoms with Gasteiger partial charge in [0.25, 0.3) is 5.91 Å². The summed E-state index contributed by atoms with van der Waals surface area (Å²) in [5.41, 5.74) is 0.703. The minimum atomic E-state index is -1.33. The number of rotatable bonds is 8. The number of hydrogen-bond acceptors (Lipinski definition) is 5. The molecule has 2 heterocycles. The quantitative estimate of drug-likeness (QED) is 0.601. The molecular weight excluding hydrogens is 455 g/mol. The Morgan fingerprint density at radius 1 is 1.20 bits per heavy atom. The van der Waals surface area contributed by atoms with E-state index in [4.69, 9.17) is 4.74 Å². The van der Waals surface area contributed by atoms with Crippen molar-refractivity contribution in [1.82, 2.24) is 15.2 Å². The van der Waals surface area contributed by atoms with Crippen LogP contribution >= 0.6 is 0 Å². The fraction of sp³-hybridized carbons (Fsp3) is 0.360. The van der Waals surface area contributed by atoms with Crippen LogP contribution in [0.3, 0.4) is 0 Å². The van der Waals surface area contributed by atoms with Gasteiger partial charge in [0.15, 0.2) is 0 Å². The van der Waals surface area contributed by atoms with Crippen LogP contribution in [0.1, 0.15) is 18.4 Å². The number of piperidine rings is 1. The van der Waals surface area contributed by atoms with Gasteiger partial charge in [0.1, 0.15) is 23.0 Å². The average molecular weight is 483 g/mol. The molecule has 1 fully saturated rings. The van der Waals surface area contributed by atoms with Gasteiger partial charge in [0.2, 0.25) is 5.91 Å². The summed E-state index contributed by atoms with van der Waals surface area (Å²) in [5, 5.41) is 17.4. The predicted octanol–water partition coefficient (Wildman–Crippen LogP) is 2.52. The van der Waals surface area contributed by atoms with Crippen LogP contribution in [-0.4, -0.2) is 71.4 Å². The number of fused-ring (bicyclic) bond motifs is 1. The van der Waals surface area contributed by atoms with Gasteiger partial charge in [-0.1, -0.05) is 30.3 Å². The number of likely N-dealkylation sites (tertiary alicyclic amines) is 1. The second-order valence-electron chi connectivity index (χ2n) is 8.72. The monoisotopic (exact) mass is 482 g/mol. The first-order chi connectivity index (χ1) is 16.8. The lowest BCUT2D eigenvalue weighted by atomic mass is 9.73. The summed E-state index contributed by atoms with van der Waals surface area (Å²) >= 11 is 0. The summed E-state index contributed by atoms with van der Waals surface area (Å²) in [5.74, 6) is -0.601. The molecule has 1 saturated heterocycles. The van der Waals surface area contributed by atoms with Gasteiger partial charge in [-0.05, 0) is 36.2 Å². The molecule has 3 amide bonds. The lowest BCUT2D eigenvalue weighted by Crippen LogP contribution is -2.59. The summed E-state index contributed by atoms with van der Waals surface area (Å²) in [6, 6.07) is 13.9. The van der Waals surface area contributed by atoms with Gasteiger partial charge in [-0.15, -0.1) is 0 Å². The van der Waals surface area contributed by atoms with E-state index in [1.165, 1.54) is 34.2 Å². The van der Waals surface area contributed by atoms with E-state index in [1.807, 2.05) is 30.3 Å². The lowest BCUT2D eigenvalue weighted by Gasteiger charge is -2.40. The molecule has 2 aliphatic rings. The highest BCUT2D eigenvalue weighted by atomic mass is 19.1. The van der Waals surface area contributed by atoms with E-state index in [9.17, 15) is 23.9 Å². The van der Waals surface area contributed by atoms with Crippen molar-refractivity contribution >= 4 is 23.6 Å². The molecule has 0 bridgehead atoms. The fourth-order valence-electron chi connectivity index (χ4n) is 4.67. The normalized spacial score (nSPS) is 20.2. The third-order valence-electron chi connectivity index (χ3n) is 6.35. The molecule has 4 rings (SSSR count). The number of benzene rings is 2. The molecule has 0 aliphatic carbocycles. The van der Waals surface area contributed by atoms with Crippen molar-refractivity contribution in [3.8, 4) is 5.75 Å². The molecule has 2 N–H and O–H groups in total. The van der Waals surface area contributed by atoms with E-state index in [2.05, 4.69) is 10.4 Å². The number of amides is 3. The highest BCUT2D eigenvalue weighted by Crippen LogP contribution is 2.38. The molecule has 184 valence electrons. The first-order valence-corrected chi connectivity index (χ1v) is 11.4. The van der Waals surface area contributed by atoms with E-state index < -0.39 is 29.3 Å². The Labute approximate surface area is 202 Å². The first kappa shape index (κ1) is 24.2. The molecule has 2 aromatic rings. The zero-order valence-electron chi connectivity index (χ0n) is 19.3. The predicted molar refractivity (Wildman–Crippen MR) is 125 cm³/mol. The molecule has 9 nitrogen and oxygen atoms in total. The lowest BCUT2D eigenvalue weighted by molar-refractivity contribution is -0.140. The molecule has 0 aromatic heterocycles. The van der Waals surface area contributed by atoms with Crippen molar-refractivity contribution in [2.45, 2.75) is 25.3 Å². The Kier molecular flexibility index (Phi) is 6.99. The molecule has 35 heavy (non-hydrogen) atoms. The van der Waals surface area contributed by atoms with Crippen LogP contribution in [0.15, 0.2) is 59.7 Å².